The highest BCUT2D eigenvalue weighted by Gasteiger charge is 2.18. The van der Waals surface area contributed by atoms with E-state index in [1.807, 2.05) is 34.8 Å². The van der Waals surface area contributed by atoms with Crippen molar-refractivity contribution in [2.24, 2.45) is 0 Å². The highest BCUT2D eigenvalue weighted by Crippen LogP contribution is 2.44. The van der Waals surface area contributed by atoms with Crippen molar-refractivity contribution in [3.8, 4) is 33.4 Å². The summed E-state index contributed by atoms with van der Waals surface area (Å²) in [4.78, 5) is 2.37. The Hall–Kier alpha value is -6.98. The second-order valence-electron chi connectivity index (χ2n) is 14.8. The molecule has 9 aromatic carbocycles. The topological polar surface area (TPSA) is 16.4 Å². The number of anilines is 3. The third kappa shape index (κ3) is 5.37. The fourth-order valence-electron chi connectivity index (χ4n) is 8.71. The van der Waals surface area contributed by atoms with E-state index in [-0.39, 0.29) is 0 Å². The lowest BCUT2D eigenvalue weighted by Gasteiger charge is -2.26. The second-order valence-corrected chi connectivity index (χ2v) is 17.0. The molecule has 0 aliphatic carbocycles. The summed E-state index contributed by atoms with van der Waals surface area (Å²) < 4.78 is 11.7. The van der Waals surface area contributed by atoms with Gasteiger partial charge in [0.25, 0.3) is 0 Å². The third-order valence-corrected chi connectivity index (χ3v) is 13.9. The number of nitrogens with zero attached hydrogens (tertiary/aromatic N) is 1. The minimum absolute atomic E-state index is 0.908. The highest BCUT2D eigenvalue weighted by molar-refractivity contribution is 7.26. The summed E-state index contributed by atoms with van der Waals surface area (Å²) in [6.45, 7) is 0. The third-order valence-electron chi connectivity index (χ3n) is 11.5. The SMILES string of the molecule is c1cc(-c2ccc3sc4ccccc4c3c2)cc(N(c2ccc(-c3cccc4c3oc3ccccc34)cc2)c2ccc(-c3cccc4c3sc3ccccc34)cc2)c1. The van der Waals surface area contributed by atoms with Crippen molar-refractivity contribution in [1.29, 1.82) is 0 Å². The van der Waals surface area contributed by atoms with Gasteiger partial charge < -0.3 is 9.32 Å². The minimum atomic E-state index is 0.908. The summed E-state index contributed by atoms with van der Waals surface area (Å²) in [5, 5.41) is 7.52. The molecule has 272 valence electrons. The number of thiophene rings is 2. The van der Waals surface area contributed by atoms with Gasteiger partial charge in [0.2, 0.25) is 0 Å². The Morgan fingerprint density at radius 2 is 0.879 bits per heavy atom. The van der Waals surface area contributed by atoms with E-state index in [0.29, 0.717) is 0 Å². The zero-order valence-electron chi connectivity index (χ0n) is 31.2. The summed E-state index contributed by atoms with van der Waals surface area (Å²) in [6, 6.07) is 72.7. The largest absolute Gasteiger partial charge is 0.455 e. The lowest BCUT2D eigenvalue weighted by atomic mass is 10.00. The first kappa shape index (κ1) is 33.2. The lowest BCUT2D eigenvalue weighted by molar-refractivity contribution is 0.670. The number of hydrogen-bond donors (Lipinski definition) is 0. The Labute approximate surface area is 343 Å². The number of benzene rings is 9. The van der Waals surface area contributed by atoms with Gasteiger partial charge in [-0.15, -0.1) is 22.7 Å². The number of fused-ring (bicyclic) bond motifs is 9. The first-order valence-corrected chi connectivity index (χ1v) is 21.2. The molecule has 0 N–H and O–H groups in total. The van der Waals surface area contributed by atoms with Crippen LogP contribution >= 0.6 is 22.7 Å². The predicted molar refractivity (Wildman–Crippen MR) is 250 cm³/mol. The molecule has 2 nitrogen and oxygen atoms in total. The van der Waals surface area contributed by atoms with Crippen LogP contribution in [0.15, 0.2) is 205 Å². The quantitative estimate of drug-likeness (QED) is 0.167. The van der Waals surface area contributed by atoms with Crippen LogP contribution in [0.5, 0.6) is 0 Å². The Balaban J connectivity index is 0.975. The average molecular weight is 776 g/mol. The number of furan rings is 1. The Morgan fingerprint density at radius 3 is 1.66 bits per heavy atom. The van der Waals surface area contributed by atoms with Crippen LogP contribution in [-0.4, -0.2) is 0 Å². The normalized spacial score (nSPS) is 11.8. The Kier molecular flexibility index (Phi) is 7.62. The van der Waals surface area contributed by atoms with Crippen molar-refractivity contribution in [3.63, 3.8) is 0 Å². The number of para-hydroxylation sites is 2. The predicted octanol–water partition coefficient (Wildman–Crippen LogP) is 16.8. The molecule has 12 aromatic rings. The zero-order chi connectivity index (χ0) is 38.2. The average Bonchev–Trinajstić information content (AvgIpc) is 3.98. The summed E-state index contributed by atoms with van der Waals surface area (Å²) in [5.74, 6) is 0. The molecule has 0 atom stereocenters. The van der Waals surface area contributed by atoms with E-state index in [0.717, 1.165) is 50.1 Å². The first-order valence-electron chi connectivity index (χ1n) is 19.6. The lowest BCUT2D eigenvalue weighted by Crippen LogP contribution is -2.10. The van der Waals surface area contributed by atoms with Crippen LogP contribution in [0, 0.1) is 0 Å². The van der Waals surface area contributed by atoms with E-state index in [1.165, 1.54) is 62.6 Å². The Bertz CT molecular complexity index is 3360. The van der Waals surface area contributed by atoms with Crippen LogP contribution in [0.25, 0.3) is 95.7 Å². The molecule has 0 aliphatic heterocycles. The van der Waals surface area contributed by atoms with Crippen molar-refractivity contribution in [2.75, 3.05) is 4.90 Å². The van der Waals surface area contributed by atoms with Gasteiger partial charge in [-0.3, -0.25) is 0 Å². The molecule has 3 aromatic heterocycles. The summed E-state index contributed by atoms with van der Waals surface area (Å²) in [7, 11) is 0. The van der Waals surface area contributed by atoms with Gasteiger partial charge in [0, 0.05) is 73.7 Å². The van der Waals surface area contributed by atoms with Crippen LogP contribution in [0.4, 0.5) is 17.1 Å². The van der Waals surface area contributed by atoms with Crippen LogP contribution in [0.3, 0.4) is 0 Å². The molecule has 0 unspecified atom stereocenters. The van der Waals surface area contributed by atoms with Crippen LogP contribution < -0.4 is 4.90 Å². The van der Waals surface area contributed by atoms with Crippen LogP contribution in [-0.2, 0) is 0 Å². The van der Waals surface area contributed by atoms with E-state index in [1.54, 1.807) is 0 Å². The maximum absolute atomic E-state index is 6.44. The molecule has 3 heterocycles. The first-order chi connectivity index (χ1) is 28.7. The van der Waals surface area contributed by atoms with Crippen molar-refractivity contribution < 1.29 is 4.42 Å². The van der Waals surface area contributed by atoms with Gasteiger partial charge in [-0.05, 0) is 94.5 Å². The van der Waals surface area contributed by atoms with Crippen molar-refractivity contribution in [3.05, 3.63) is 200 Å². The zero-order valence-corrected chi connectivity index (χ0v) is 32.9. The summed E-state index contributed by atoms with van der Waals surface area (Å²) in [5.41, 5.74) is 12.2. The van der Waals surface area contributed by atoms with E-state index >= 15 is 0 Å². The molecule has 0 saturated carbocycles. The fourth-order valence-corrected chi connectivity index (χ4v) is 11.0. The molecule has 0 bridgehead atoms. The van der Waals surface area contributed by atoms with E-state index in [4.69, 9.17) is 4.42 Å². The fraction of sp³-hybridized carbons (Fsp3) is 0. The number of rotatable bonds is 6. The molecule has 4 heteroatoms. The van der Waals surface area contributed by atoms with Gasteiger partial charge in [-0.1, -0.05) is 133 Å². The molecule has 0 fully saturated rings. The van der Waals surface area contributed by atoms with Gasteiger partial charge in [0.15, 0.2) is 0 Å². The minimum Gasteiger partial charge on any atom is -0.455 e. The van der Waals surface area contributed by atoms with E-state index in [9.17, 15) is 0 Å². The molecule has 0 radical (unpaired) electrons. The van der Waals surface area contributed by atoms with Crippen molar-refractivity contribution >= 4 is 102 Å². The summed E-state index contributed by atoms with van der Waals surface area (Å²) in [6.07, 6.45) is 0. The van der Waals surface area contributed by atoms with Gasteiger partial charge in [-0.2, -0.15) is 0 Å². The van der Waals surface area contributed by atoms with Gasteiger partial charge in [-0.25, -0.2) is 0 Å². The standard InChI is InChI=1S/C54H33NOS2/c1-4-19-49-43(12-1)46-17-8-15-41(53(46)56-49)34-22-27-38(28-23-34)55(39-29-24-35(25-30-39)42-16-9-18-47-44-13-2-6-21-51(44)58-54(42)47)40-11-7-10-36(32-40)37-26-31-52-48(33-37)45-14-3-5-20-50(45)57-52/h1-33H. The van der Waals surface area contributed by atoms with Crippen LogP contribution in [0.1, 0.15) is 0 Å². The molecule has 58 heavy (non-hydrogen) atoms. The molecule has 0 amide bonds. The smallest absolute Gasteiger partial charge is 0.143 e. The second kappa shape index (κ2) is 13.3. The molecule has 0 saturated heterocycles. The number of hydrogen-bond acceptors (Lipinski definition) is 4. The van der Waals surface area contributed by atoms with Gasteiger partial charge in [0.05, 0.1) is 0 Å². The maximum Gasteiger partial charge on any atom is 0.143 e. The Morgan fingerprint density at radius 1 is 0.328 bits per heavy atom. The van der Waals surface area contributed by atoms with Gasteiger partial charge in [0.1, 0.15) is 11.2 Å². The van der Waals surface area contributed by atoms with E-state index in [2.05, 4.69) is 193 Å². The van der Waals surface area contributed by atoms with Gasteiger partial charge >= 0.3 is 0 Å². The molecular weight excluding hydrogens is 743 g/mol. The monoisotopic (exact) mass is 775 g/mol. The van der Waals surface area contributed by atoms with E-state index < -0.39 is 0 Å². The van der Waals surface area contributed by atoms with Crippen molar-refractivity contribution in [2.45, 2.75) is 0 Å². The highest BCUT2D eigenvalue weighted by atomic mass is 32.1. The van der Waals surface area contributed by atoms with Crippen LogP contribution in [0.2, 0.25) is 0 Å². The molecule has 12 rings (SSSR count). The maximum atomic E-state index is 6.44. The molecule has 0 spiro atoms. The molecule has 0 aliphatic rings. The molecular formula is C54H33NOS2. The van der Waals surface area contributed by atoms with Crippen molar-refractivity contribution in [1.82, 2.24) is 0 Å². The summed E-state index contributed by atoms with van der Waals surface area (Å²) >= 11 is 3.73.